The van der Waals surface area contributed by atoms with E-state index in [1.54, 1.807) is 36.4 Å². The minimum Gasteiger partial charge on any atom is -0.493 e. The van der Waals surface area contributed by atoms with E-state index in [9.17, 15) is 10.1 Å². The van der Waals surface area contributed by atoms with E-state index >= 15 is 0 Å². The summed E-state index contributed by atoms with van der Waals surface area (Å²) in [5.41, 5.74) is 4.16. The summed E-state index contributed by atoms with van der Waals surface area (Å²) in [7, 11) is 1.50. The topological polar surface area (TPSA) is 80.6 Å². The number of hydrogen-bond donors (Lipinski definition) is 1. The lowest BCUT2D eigenvalue weighted by atomic mass is 10.1. The van der Waals surface area contributed by atoms with Crippen LogP contribution in [0.3, 0.4) is 0 Å². The van der Waals surface area contributed by atoms with Crippen molar-refractivity contribution in [3.8, 4) is 23.3 Å². The third kappa shape index (κ3) is 7.89. The van der Waals surface area contributed by atoms with Crippen molar-refractivity contribution in [1.29, 1.82) is 5.26 Å². The van der Waals surface area contributed by atoms with Crippen LogP contribution >= 0.6 is 27.5 Å². The van der Waals surface area contributed by atoms with Crippen LogP contribution < -0.4 is 19.5 Å². The van der Waals surface area contributed by atoms with Crippen molar-refractivity contribution >= 4 is 45.2 Å². The maximum Gasteiger partial charge on any atom is 0.266 e. The number of ether oxygens (including phenoxy) is 3. The van der Waals surface area contributed by atoms with Gasteiger partial charge in [0.1, 0.15) is 30.6 Å². The lowest BCUT2D eigenvalue weighted by Crippen LogP contribution is -2.13. The van der Waals surface area contributed by atoms with Gasteiger partial charge in [-0.2, -0.15) is 5.26 Å². The van der Waals surface area contributed by atoms with E-state index in [4.69, 9.17) is 25.8 Å². The summed E-state index contributed by atoms with van der Waals surface area (Å²) in [5, 5.41) is 12.7. The quantitative estimate of drug-likeness (QED) is 0.144. The number of aryl methyl sites for hydroxylation is 1. The molecule has 202 valence electrons. The van der Waals surface area contributed by atoms with Crippen LogP contribution in [0, 0.1) is 18.3 Å². The predicted molar refractivity (Wildman–Crippen MR) is 161 cm³/mol. The van der Waals surface area contributed by atoms with Gasteiger partial charge in [-0.05, 0) is 78.2 Å². The van der Waals surface area contributed by atoms with Crippen LogP contribution in [0.4, 0.5) is 5.69 Å². The average molecular weight is 618 g/mol. The number of halogens is 2. The molecule has 0 aliphatic carbocycles. The SMILES string of the molecule is COc1cc(/C=C(\C#N)C(=O)Nc2ccc(OCc3ccc(C)cc3)cc2)cc(Cl)c1OCc1ccc(Br)cc1. The van der Waals surface area contributed by atoms with Gasteiger partial charge in [0.15, 0.2) is 11.5 Å². The Labute approximate surface area is 246 Å². The van der Waals surface area contributed by atoms with E-state index < -0.39 is 5.91 Å². The molecule has 0 radical (unpaired) electrons. The normalized spacial score (nSPS) is 10.9. The summed E-state index contributed by atoms with van der Waals surface area (Å²) >= 11 is 9.90. The number of nitrogens with zero attached hydrogens (tertiary/aromatic N) is 1. The second-order valence-corrected chi connectivity index (χ2v) is 10.2. The van der Waals surface area contributed by atoms with Crippen molar-refractivity contribution in [2.75, 3.05) is 12.4 Å². The molecule has 1 amide bonds. The third-order valence-electron chi connectivity index (χ3n) is 5.86. The van der Waals surface area contributed by atoms with Crippen molar-refractivity contribution < 1.29 is 19.0 Å². The predicted octanol–water partition coefficient (Wildman–Crippen LogP) is 8.12. The monoisotopic (exact) mass is 616 g/mol. The zero-order valence-electron chi connectivity index (χ0n) is 21.9. The average Bonchev–Trinajstić information content (AvgIpc) is 2.96. The lowest BCUT2D eigenvalue weighted by Gasteiger charge is -2.14. The Morgan fingerprint density at radius 3 is 2.20 bits per heavy atom. The number of hydrogen-bond acceptors (Lipinski definition) is 5. The van der Waals surface area contributed by atoms with Crippen LogP contribution in [-0.4, -0.2) is 13.0 Å². The van der Waals surface area contributed by atoms with Crippen molar-refractivity contribution in [3.63, 3.8) is 0 Å². The third-order valence-corrected chi connectivity index (χ3v) is 6.67. The molecule has 4 rings (SSSR count). The minimum absolute atomic E-state index is 0.0960. The molecule has 0 saturated carbocycles. The van der Waals surface area contributed by atoms with E-state index in [0.717, 1.165) is 15.6 Å². The fourth-order valence-electron chi connectivity index (χ4n) is 3.70. The number of anilines is 1. The van der Waals surface area contributed by atoms with Crippen molar-refractivity contribution in [3.05, 3.63) is 122 Å². The molecule has 0 fully saturated rings. The number of methoxy groups -OCH3 is 1. The Kier molecular flexibility index (Phi) is 9.85. The van der Waals surface area contributed by atoms with Gasteiger partial charge in [-0.1, -0.05) is 69.5 Å². The molecule has 0 atom stereocenters. The molecule has 4 aromatic carbocycles. The van der Waals surface area contributed by atoms with Crippen molar-refractivity contribution in [2.45, 2.75) is 20.1 Å². The van der Waals surface area contributed by atoms with Gasteiger partial charge >= 0.3 is 0 Å². The largest absolute Gasteiger partial charge is 0.493 e. The summed E-state index contributed by atoms with van der Waals surface area (Å²) in [6.07, 6.45) is 1.45. The van der Waals surface area contributed by atoms with Crippen LogP contribution in [0.1, 0.15) is 22.3 Å². The number of nitriles is 1. The van der Waals surface area contributed by atoms with Gasteiger partial charge in [0.05, 0.1) is 12.1 Å². The molecule has 0 bridgehead atoms. The van der Waals surface area contributed by atoms with E-state index in [0.29, 0.717) is 46.7 Å². The zero-order valence-corrected chi connectivity index (χ0v) is 24.3. The van der Waals surface area contributed by atoms with Gasteiger partial charge in [0, 0.05) is 10.2 Å². The summed E-state index contributed by atoms with van der Waals surface area (Å²) < 4.78 is 18.2. The smallest absolute Gasteiger partial charge is 0.266 e. The summed E-state index contributed by atoms with van der Waals surface area (Å²) in [5.74, 6) is 0.868. The first-order chi connectivity index (χ1) is 19.3. The Balaban J connectivity index is 1.41. The Hall–Kier alpha value is -4.25. The standard InChI is InChI=1S/C32H26BrClN2O4/c1-21-3-5-22(6-4-21)19-39-28-13-11-27(12-14-28)36-32(37)25(18-35)15-24-16-29(34)31(30(17-24)38-2)40-20-23-7-9-26(33)10-8-23/h3-17H,19-20H2,1-2H3,(H,36,37)/b25-15+. The fourth-order valence-corrected chi connectivity index (χ4v) is 4.24. The van der Waals surface area contributed by atoms with Crippen molar-refractivity contribution in [2.24, 2.45) is 0 Å². The zero-order chi connectivity index (χ0) is 28.5. The molecule has 8 heteroatoms. The number of carbonyl (C=O) groups is 1. The molecule has 0 unspecified atom stereocenters. The van der Waals surface area contributed by atoms with Crippen LogP contribution in [0.25, 0.3) is 6.08 Å². The summed E-state index contributed by atoms with van der Waals surface area (Å²) in [4.78, 5) is 12.8. The number of rotatable bonds is 10. The molecule has 0 heterocycles. The molecule has 0 aromatic heterocycles. The summed E-state index contributed by atoms with van der Waals surface area (Å²) in [6, 6.07) is 28.0. The first-order valence-electron chi connectivity index (χ1n) is 12.3. The van der Waals surface area contributed by atoms with Crippen LogP contribution in [-0.2, 0) is 18.0 Å². The highest BCUT2D eigenvalue weighted by molar-refractivity contribution is 9.10. The highest BCUT2D eigenvalue weighted by Crippen LogP contribution is 2.37. The molecule has 40 heavy (non-hydrogen) atoms. The van der Waals surface area contributed by atoms with E-state index in [-0.39, 0.29) is 5.57 Å². The maximum absolute atomic E-state index is 12.8. The molecule has 4 aromatic rings. The van der Waals surface area contributed by atoms with Crippen LogP contribution in [0.15, 0.2) is 95.0 Å². The van der Waals surface area contributed by atoms with Crippen LogP contribution in [0.2, 0.25) is 5.02 Å². The van der Waals surface area contributed by atoms with Gasteiger partial charge in [-0.3, -0.25) is 4.79 Å². The Bertz CT molecular complexity index is 1540. The Morgan fingerprint density at radius 2 is 1.57 bits per heavy atom. The van der Waals surface area contributed by atoms with Gasteiger partial charge < -0.3 is 19.5 Å². The lowest BCUT2D eigenvalue weighted by molar-refractivity contribution is -0.112. The minimum atomic E-state index is -0.554. The second-order valence-electron chi connectivity index (χ2n) is 8.87. The molecule has 6 nitrogen and oxygen atoms in total. The van der Waals surface area contributed by atoms with Gasteiger partial charge in [-0.25, -0.2) is 0 Å². The molecular formula is C32H26BrClN2O4. The Morgan fingerprint density at radius 1 is 0.950 bits per heavy atom. The van der Waals surface area contributed by atoms with Gasteiger partial charge in [0.2, 0.25) is 0 Å². The van der Waals surface area contributed by atoms with E-state index in [2.05, 4.69) is 21.2 Å². The molecule has 1 N–H and O–H groups in total. The van der Waals surface area contributed by atoms with Gasteiger partial charge in [-0.15, -0.1) is 0 Å². The molecule has 0 spiro atoms. The fraction of sp³-hybridized carbons (Fsp3) is 0.125. The molecular weight excluding hydrogens is 592 g/mol. The molecule has 0 saturated heterocycles. The number of nitrogens with one attached hydrogen (secondary N) is 1. The number of carbonyl (C=O) groups excluding carboxylic acids is 1. The number of benzene rings is 4. The first-order valence-corrected chi connectivity index (χ1v) is 13.5. The van der Waals surface area contributed by atoms with E-state index in [1.807, 2.05) is 61.5 Å². The molecule has 0 aliphatic rings. The van der Waals surface area contributed by atoms with Crippen molar-refractivity contribution in [1.82, 2.24) is 0 Å². The van der Waals surface area contributed by atoms with Crippen LogP contribution in [0.5, 0.6) is 17.2 Å². The first kappa shape index (κ1) is 28.8. The maximum atomic E-state index is 12.8. The number of amides is 1. The molecule has 0 aliphatic heterocycles. The second kappa shape index (κ2) is 13.7. The van der Waals surface area contributed by atoms with E-state index in [1.165, 1.54) is 18.7 Å². The highest BCUT2D eigenvalue weighted by atomic mass is 79.9. The summed E-state index contributed by atoms with van der Waals surface area (Å²) in [6.45, 7) is 2.77. The van der Waals surface area contributed by atoms with Gasteiger partial charge in [0.25, 0.3) is 5.91 Å². The highest BCUT2D eigenvalue weighted by Gasteiger charge is 2.15.